The molecule has 0 spiro atoms. The van der Waals surface area contributed by atoms with Crippen LogP contribution in [0.2, 0.25) is 0 Å². The van der Waals surface area contributed by atoms with Crippen LogP contribution in [0.4, 0.5) is 5.82 Å². The van der Waals surface area contributed by atoms with Crippen molar-refractivity contribution in [3.8, 4) is 0 Å². The van der Waals surface area contributed by atoms with Gasteiger partial charge < -0.3 is 5.73 Å². The van der Waals surface area contributed by atoms with E-state index in [9.17, 15) is 0 Å². The third-order valence-electron chi connectivity index (χ3n) is 3.72. The third-order valence-corrected chi connectivity index (χ3v) is 3.72. The van der Waals surface area contributed by atoms with Gasteiger partial charge in [-0.1, -0.05) is 31.5 Å². The Hall–Kier alpha value is -1.61. The van der Waals surface area contributed by atoms with E-state index in [0.717, 1.165) is 23.0 Å². The highest BCUT2D eigenvalue weighted by atomic mass is 15.1. The van der Waals surface area contributed by atoms with E-state index in [1.165, 1.54) is 12.8 Å². The smallest absolute Gasteiger partial charge is 0.128 e. The molecule has 1 aromatic heterocycles. The second kappa shape index (κ2) is 6.02. The van der Waals surface area contributed by atoms with Gasteiger partial charge in [0.1, 0.15) is 5.82 Å². The summed E-state index contributed by atoms with van der Waals surface area (Å²) >= 11 is 0. The molecule has 3 heteroatoms. The monoisotopic (exact) mass is 257 g/mol. The first-order valence-electron chi connectivity index (χ1n) is 6.96. The second-order valence-electron chi connectivity index (χ2n) is 5.28. The van der Waals surface area contributed by atoms with Gasteiger partial charge in [0.15, 0.2) is 0 Å². The molecule has 2 N–H and O–H groups in total. The number of anilines is 1. The second-order valence-corrected chi connectivity index (χ2v) is 5.28. The Balaban J connectivity index is 2.22. The molecule has 1 atom stereocenters. The number of hydrogen-bond donors (Lipinski definition) is 1. The maximum absolute atomic E-state index is 6.07. The number of nitrogen functional groups attached to an aromatic ring is 1. The zero-order valence-corrected chi connectivity index (χ0v) is 12.1. The molecule has 19 heavy (non-hydrogen) atoms. The summed E-state index contributed by atoms with van der Waals surface area (Å²) in [7, 11) is 2.15. The molecule has 0 amide bonds. The van der Waals surface area contributed by atoms with Crippen LogP contribution >= 0.6 is 0 Å². The van der Waals surface area contributed by atoms with Crippen LogP contribution in [0.3, 0.4) is 0 Å². The van der Waals surface area contributed by atoms with E-state index in [1.807, 2.05) is 18.2 Å². The molecule has 1 heterocycles. The number of aromatic nitrogens is 1. The lowest BCUT2D eigenvalue weighted by molar-refractivity contribution is 0.237. The lowest BCUT2D eigenvalue weighted by Gasteiger charge is -2.24. The Kier molecular flexibility index (Phi) is 4.38. The summed E-state index contributed by atoms with van der Waals surface area (Å²) < 4.78 is 0. The fourth-order valence-electron chi connectivity index (χ4n) is 2.36. The predicted octanol–water partition coefficient (Wildman–Crippen LogP) is 3.44. The van der Waals surface area contributed by atoms with Crippen LogP contribution in [0.25, 0.3) is 10.9 Å². The van der Waals surface area contributed by atoms with Crippen LogP contribution in [0, 0.1) is 0 Å². The Morgan fingerprint density at radius 3 is 2.79 bits per heavy atom. The quantitative estimate of drug-likeness (QED) is 0.892. The van der Waals surface area contributed by atoms with Gasteiger partial charge in [-0.05, 0) is 32.5 Å². The number of fused-ring (bicyclic) bond motifs is 1. The Labute approximate surface area is 115 Å². The van der Waals surface area contributed by atoms with Gasteiger partial charge in [-0.3, -0.25) is 4.90 Å². The van der Waals surface area contributed by atoms with Gasteiger partial charge in [-0.2, -0.15) is 0 Å². The maximum atomic E-state index is 6.07. The van der Waals surface area contributed by atoms with E-state index in [2.05, 4.69) is 42.9 Å². The molecule has 0 aliphatic heterocycles. The van der Waals surface area contributed by atoms with Crippen molar-refractivity contribution in [1.29, 1.82) is 0 Å². The fraction of sp³-hybridized carbons (Fsp3) is 0.438. The summed E-state index contributed by atoms with van der Waals surface area (Å²) in [6.07, 6.45) is 2.41. The minimum Gasteiger partial charge on any atom is -0.383 e. The van der Waals surface area contributed by atoms with E-state index in [-0.39, 0.29) is 0 Å². The topological polar surface area (TPSA) is 42.2 Å². The third kappa shape index (κ3) is 3.24. The summed E-state index contributed by atoms with van der Waals surface area (Å²) in [5, 5.41) is 1.16. The molecular formula is C16H23N3. The van der Waals surface area contributed by atoms with Gasteiger partial charge in [-0.15, -0.1) is 0 Å². The Bertz CT molecular complexity index is 551. The highest BCUT2D eigenvalue weighted by Crippen LogP contribution is 2.20. The SMILES string of the molecule is CCCC(C)N(C)Cc1cc2ccccc2nc1N. The molecule has 0 fully saturated rings. The lowest BCUT2D eigenvalue weighted by Crippen LogP contribution is -2.28. The lowest BCUT2D eigenvalue weighted by atomic mass is 10.1. The molecule has 3 nitrogen and oxygen atoms in total. The highest BCUT2D eigenvalue weighted by Gasteiger charge is 2.11. The predicted molar refractivity (Wildman–Crippen MR) is 82.0 cm³/mol. The number of hydrogen-bond acceptors (Lipinski definition) is 3. The number of pyridine rings is 1. The average molecular weight is 257 g/mol. The Morgan fingerprint density at radius 1 is 1.32 bits per heavy atom. The van der Waals surface area contributed by atoms with Crippen molar-refractivity contribution in [2.75, 3.05) is 12.8 Å². The van der Waals surface area contributed by atoms with Crippen LogP contribution in [0.5, 0.6) is 0 Å². The minimum absolute atomic E-state index is 0.566. The van der Waals surface area contributed by atoms with Crippen molar-refractivity contribution in [2.24, 2.45) is 0 Å². The van der Waals surface area contributed by atoms with Crippen molar-refractivity contribution < 1.29 is 0 Å². The molecule has 2 rings (SSSR count). The molecule has 0 aliphatic carbocycles. The van der Waals surface area contributed by atoms with Crippen molar-refractivity contribution in [3.05, 3.63) is 35.9 Å². The van der Waals surface area contributed by atoms with E-state index >= 15 is 0 Å². The largest absolute Gasteiger partial charge is 0.383 e. The van der Waals surface area contributed by atoms with Gasteiger partial charge in [0.25, 0.3) is 0 Å². The van der Waals surface area contributed by atoms with Gasteiger partial charge in [0, 0.05) is 23.5 Å². The summed E-state index contributed by atoms with van der Waals surface area (Å²) in [4.78, 5) is 6.82. The zero-order chi connectivity index (χ0) is 13.8. The van der Waals surface area contributed by atoms with Gasteiger partial charge in [0.05, 0.1) is 5.52 Å². The molecule has 0 bridgehead atoms. The number of rotatable bonds is 5. The standard InChI is InChI=1S/C16H23N3/c1-4-7-12(2)19(3)11-14-10-13-8-5-6-9-15(13)18-16(14)17/h5-6,8-10,12H,4,7,11H2,1-3H3,(H2,17,18). The number of nitrogens with zero attached hydrogens (tertiary/aromatic N) is 2. The maximum Gasteiger partial charge on any atom is 0.128 e. The molecule has 2 aromatic rings. The summed E-state index contributed by atoms with van der Waals surface area (Å²) in [5.41, 5.74) is 8.15. The van der Waals surface area contributed by atoms with E-state index in [0.29, 0.717) is 11.9 Å². The fourth-order valence-corrected chi connectivity index (χ4v) is 2.36. The van der Waals surface area contributed by atoms with Crippen LogP contribution in [-0.4, -0.2) is 23.0 Å². The summed E-state index contributed by atoms with van der Waals surface area (Å²) in [6.45, 7) is 5.33. The minimum atomic E-state index is 0.566. The van der Waals surface area contributed by atoms with Gasteiger partial charge >= 0.3 is 0 Å². The first-order valence-corrected chi connectivity index (χ1v) is 6.96. The zero-order valence-electron chi connectivity index (χ0n) is 12.1. The first kappa shape index (κ1) is 13.8. The molecule has 0 radical (unpaired) electrons. The molecular weight excluding hydrogens is 234 g/mol. The molecule has 0 aliphatic rings. The number of para-hydroxylation sites is 1. The number of benzene rings is 1. The summed E-state index contributed by atoms with van der Waals surface area (Å²) in [5.74, 6) is 0.647. The van der Waals surface area contributed by atoms with Gasteiger partial charge in [-0.25, -0.2) is 4.98 Å². The van der Waals surface area contributed by atoms with E-state index < -0.39 is 0 Å². The van der Waals surface area contributed by atoms with Crippen LogP contribution in [0.1, 0.15) is 32.3 Å². The normalized spacial score (nSPS) is 13.1. The highest BCUT2D eigenvalue weighted by molar-refractivity contribution is 5.81. The summed E-state index contributed by atoms with van der Waals surface area (Å²) in [6, 6.07) is 10.8. The molecule has 102 valence electrons. The van der Waals surface area contributed by atoms with E-state index in [1.54, 1.807) is 0 Å². The first-order chi connectivity index (χ1) is 9.11. The van der Waals surface area contributed by atoms with Crippen molar-refractivity contribution >= 4 is 16.7 Å². The molecule has 0 saturated heterocycles. The van der Waals surface area contributed by atoms with Crippen LogP contribution in [0.15, 0.2) is 30.3 Å². The van der Waals surface area contributed by atoms with E-state index in [4.69, 9.17) is 5.73 Å². The molecule has 1 unspecified atom stereocenters. The van der Waals surface area contributed by atoms with Crippen molar-refractivity contribution in [3.63, 3.8) is 0 Å². The molecule has 0 saturated carbocycles. The van der Waals surface area contributed by atoms with Crippen LogP contribution < -0.4 is 5.73 Å². The molecule has 1 aromatic carbocycles. The number of nitrogens with two attached hydrogens (primary N) is 1. The van der Waals surface area contributed by atoms with Crippen molar-refractivity contribution in [2.45, 2.75) is 39.3 Å². The van der Waals surface area contributed by atoms with Crippen molar-refractivity contribution in [1.82, 2.24) is 9.88 Å². The van der Waals surface area contributed by atoms with Gasteiger partial charge in [0.2, 0.25) is 0 Å². The van der Waals surface area contributed by atoms with Crippen LogP contribution in [-0.2, 0) is 6.54 Å². The average Bonchev–Trinajstić information content (AvgIpc) is 2.39. The Morgan fingerprint density at radius 2 is 2.05 bits per heavy atom.